The first-order chi connectivity index (χ1) is 8.15. The second-order valence-corrected chi connectivity index (χ2v) is 5.23. The van der Waals surface area contributed by atoms with Crippen LogP contribution in [0.4, 0.5) is 14.5 Å². The quantitative estimate of drug-likeness (QED) is 0.656. The third kappa shape index (κ3) is 2.93. The highest BCUT2D eigenvalue weighted by atomic mass is 32.2. The molecule has 5 N–H and O–H groups in total. The van der Waals surface area contributed by atoms with E-state index in [1.807, 2.05) is 4.72 Å². The van der Waals surface area contributed by atoms with Crippen LogP contribution in [0.1, 0.15) is 6.92 Å². The Morgan fingerprint density at radius 1 is 1.33 bits per heavy atom. The third-order valence-electron chi connectivity index (χ3n) is 2.10. The van der Waals surface area contributed by atoms with Crippen LogP contribution >= 0.6 is 0 Å². The van der Waals surface area contributed by atoms with Crippen LogP contribution in [0.2, 0.25) is 0 Å². The van der Waals surface area contributed by atoms with Gasteiger partial charge in [0, 0.05) is 6.07 Å². The van der Waals surface area contributed by atoms with Gasteiger partial charge in [-0.1, -0.05) is 0 Å². The number of rotatable bonds is 4. The molecule has 6 nitrogen and oxygen atoms in total. The van der Waals surface area contributed by atoms with Gasteiger partial charge in [-0.05, 0) is 13.0 Å². The Balaban J connectivity index is 3.21. The molecule has 0 aromatic heterocycles. The number of amides is 1. The predicted molar refractivity (Wildman–Crippen MR) is 59.7 cm³/mol. The summed E-state index contributed by atoms with van der Waals surface area (Å²) < 4.78 is 51.5. The number of halogens is 2. The average molecular weight is 279 g/mol. The van der Waals surface area contributed by atoms with Crippen LogP contribution in [0.15, 0.2) is 17.0 Å². The van der Waals surface area contributed by atoms with Gasteiger partial charge >= 0.3 is 0 Å². The van der Waals surface area contributed by atoms with Crippen LogP contribution in [-0.4, -0.2) is 20.4 Å². The van der Waals surface area contributed by atoms with Crippen LogP contribution in [0, 0.1) is 11.6 Å². The summed E-state index contributed by atoms with van der Waals surface area (Å²) in [5.74, 6) is -3.32. The van der Waals surface area contributed by atoms with Crippen LogP contribution in [0.5, 0.6) is 0 Å². The summed E-state index contributed by atoms with van der Waals surface area (Å²) in [6.45, 7) is 1.19. The average Bonchev–Trinajstić information content (AvgIpc) is 2.22. The van der Waals surface area contributed by atoms with E-state index < -0.39 is 44.2 Å². The largest absolute Gasteiger partial charge is 0.396 e. The van der Waals surface area contributed by atoms with E-state index in [1.54, 1.807) is 0 Å². The van der Waals surface area contributed by atoms with E-state index in [0.29, 0.717) is 12.1 Å². The summed E-state index contributed by atoms with van der Waals surface area (Å²) in [5, 5.41) is 0. The molecule has 9 heteroatoms. The standard InChI is InChI=1S/C9H11F2N3O3S/c1-4(9(13)15)14-18(16,17)8-3-7(12)5(10)2-6(8)11/h2-4,14H,12H2,1H3,(H2,13,15). The van der Waals surface area contributed by atoms with Gasteiger partial charge in [-0.25, -0.2) is 17.2 Å². The molecule has 0 radical (unpaired) electrons. The fourth-order valence-corrected chi connectivity index (χ4v) is 2.41. The van der Waals surface area contributed by atoms with E-state index in [0.717, 1.165) is 0 Å². The normalized spacial score (nSPS) is 13.3. The number of hydrogen-bond donors (Lipinski definition) is 3. The Kier molecular flexibility index (Phi) is 3.87. The molecule has 1 aromatic rings. The number of carbonyl (C=O) groups is 1. The lowest BCUT2D eigenvalue weighted by Gasteiger charge is -2.12. The van der Waals surface area contributed by atoms with E-state index in [1.165, 1.54) is 6.92 Å². The lowest BCUT2D eigenvalue weighted by atomic mass is 10.3. The number of hydrogen-bond acceptors (Lipinski definition) is 4. The molecule has 1 rings (SSSR count). The molecule has 18 heavy (non-hydrogen) atoms. The van der Waals surface area contributed by atoms with Gasteiger partial charge in [0.25, 0.3) is 0 Å². The minimum absolute atomic E-state index is 0.346. The van der Waals surface area contributed by atoms with Crippen molar-refractivity contribution in [3.05, 3.63) is 23.8 Å². The van der Waals surface area contributed by atoms with E-state index in [4.69, 9.17) is 11.5 Å². The van der Waals surface area contributed by atoms with Gasteiger partial charge in [0.05, 0.1) is 11.7 Å². The van der Waals surface area contributed by atoms with Crippen LogP contribution in [0.25, 0.3) is 0 Å². The van der Waals surface area contributed by atoms with Crippen LogP contribution in [-0.2, 0) is 14.8 Å². The maximum absolute atomic E-state index is 13.3. The highest BCUT2D eigenvalue weighted by Gasteiger charge is 2.24. The molecular weight excluding hydrogens is 268 g/mol. The van der Waals surface area contributed by atoms with Gasteiger partial charge in [-0.2, -0.15) is 4.72 Å². The van der Waals surface area contributed by atoms with Gasteiger partial charge in [-0.15, -0.1) is 0 Å². The minimum Gasteiger partial charge on any atom is -0.396 e. The second kappa shape index (κ2) is 4.86. The van der Waals surface area contributed by atoms with Gasteiger partial charge < -0.3 is 11.5 Å². The van der Waals surface area contributed by atoms with Crippen molar-refractivity contribution in [1.29, 1.82) is 0 Å². The van der Waals surface area contributed by atoms with Crippen molar-refractivity contribution in [1.82, 2.24) is 4.72 Å². The van der Waals surface area contributed by atoms with E-state index in [-0.39, 0.29) is 0 Å². The molecule has 100 valence electrons. The van der Waals surface area contributed by atoms with Crippen LogP contribution < -0.4 is 16.2 Å². The smallest absolute Gasteiger partial charge is 0.244 e. The molecule has 0 heterocycles. The number of anilines is 1. The van der Waals surface area contributed by atoms with Crippen molar-refractivity contribution in [2.75, 3.05) is 5.73 Å². The molecule has 1 aromatic carbocycles. The molecule has 1 amide bonds. The predicted octanol–water partition coefficient (Wildman–Crippen LogP) is -0.301. The molecule has 1 atom stereocenters. The number of nitrogens with one attached hydrogen (secondary N) is 1. The molecule has 0 saturated carbocycles. The number of carbonyl (C=O) groups excluding carboxylic acids is 1. The van der Waals surface area contributed by atoms with Crippen molar-refractivity contribution >= 4 is 21.6 Å². The first kappa shape index (κ1) is 14.3. The lowest BCUT2D eigenvalue weighted by molar-refractivity contribution is -0.119. The van der Waals surface area contributed by atoms with Crippen molar-refractivity contribution in [3.8, 4) is 0 Å². The number of nitrogens with two attached hydrogens (primary N) is 2. The topological polar surface area (TPSA) is 115 Å². The van der Waals surface area contributed by atoms with E-state index >= 15 is 0 Å². The monoisotopic (exact) mass is 279 g/mol. The van der Waals surface area contributed by atoms with Crippen molar-refractivity contribution in [2.45, 2.75) is 17.9 Å². The summed E-state index contributed by atoms with van der Waals surface area (Å²) in [5.41, 5.74) is 9.50. The SMILES string of the molecule is CC(NS(=O)(=O)c1cc(N)c(F)cc1F)C(N)=O. The zero-order valence-electron chi connectivity index (χ0n) is 9.28. The Bertz CT molecular complexity index is 589. The van der Waals surface area contributed by atoms with E-state index in [9.17, 15) is 22.0 Å². The van der Waals surface area contributed by atoms with Crippen molar-refractivity contribution < 1.29 is 22.0 Å². The summed E-state index contributed by atoms with van der Waals surface area (Å²) in [6, 6.07) is -0.264. The zero-order chi connectivity index (χ0) is 14.1. The molecule has 0 spiro atoms. The maximum atomic E-state index is 13.3. The van der Waals surface area contributed by atoms with Gasteiger partial charge in [0.2, 0.25) is 15.9 Å². The molecule has 0 saturated heterocycles. The van der Waals surface area contributed by atoms with Gasteiger partial charge in [-0.3, -0.25) is 4.79 Å². The molecule has 0 aliphatic heterocycles. The number of benzene rings is 1. The second-order valence-electron chi connectivity index (χ2n) is 3.55. The first-order valence-electron chi connectivity index (χ1n) is 4.71. The van der Waals surface area contributed by atoms with Crippen molar-refractivity contribution in [3.63, 3.8) is 0 Å². The molecule has 0 aliphatic rings. The Morgan fingerprint density at radius 2 is 1.89 bits per heavy atom. The van der Waals surface area contributed by atoms with Gasteiger partial charge in [0.15, 0.2) is 0 Å². The molecule has 0 fully saturated rings. The highest BCUT2D eigenvalue weighted by Crippen LogP contribution is 2.20. The molecule has 0 aliphatic carbocycles. The fraction of sp³-hybridized carbons (Fsp3) is 0.222. The van der Waals surface area contributed by atoms with Crippen molar-refractivity contribution in [2.24, 2.45) is 5.73 Å². The maximum Gasteiger partial charge on any atom is 0.244 e. The molecule has 1 unspecified atom stereocenters. The fourth-order valence-electron chi connectivity index (χ4n) is 1.11. The molecular formula is C9H11F2N3O3S. The first-order valence-corrected chi connectivity index (χ1v) is 6.19. The Labute approximate surface area is 102 Å². The number of sulfonamides is 1. The summed E-state index contributed by atoms with van der Waals surface area (Å²) in [4.78, 5) is 9.88. The Hall–Kier alpha value is -1.74. The van der Waals surface area contributed by atoms with Crippen LogP contribution in [0.3, 0.4) is 0 Å². The summed E-state index contributed by atoms with van der Waals surface area (Å²) >= 11 is 0. The zero-order valence-corrected chi connectivity index (χ0v) is 10.1. The lowest BCUT2D eigenvalue weighted by Crippen LogP contribution is -2.42. The minimum atomic E-state index is -4.35. The molecule has 0 bridgehead atoms. The number of nitrogen functional groups attached to an aromatic ring is 1. The summed E-state index contributed by atoms with van der Waals surface area (Å²) in [6.07, 6.45) is 0. The van der Waals surface area contributed by atoms with Gasteiger partial charge in [0.1, 0.15) is 16.5 Å². The number of primary amides is 1. The highest BCUT2D eigenvalue weighted by molar-refractivity contribution is 7.89. The third-order valence-corrected chi connectivity index (χ3v) is 3.66. The van der Waals surface area contributed by atoms with E-state index in [2.05, 4.69) is 0 Å². The summed E-state index contributed by atoms with van der Waals surface area (Å²) in [7, 11) is -4.35. The Morgan fingerprint density at radius 3 is 2.39 bits per heavy atom.